The Kier molecular flexibility index (Phi) is 4.98. The average molecular weight is 300 g/mol. The molecule has 0 amide bonds. The van der Waals surface area contributed by atoms with E-state index in [1.165, 1.54) is 43.4 Å². The van der Waals surface area contributed by atoms with Crippen molar-refractivity contribution in [2.24, 2.45) is 4.99 Å². The van der Waals surface area contributed by atoms with Crippen LogP contribution in [-0.2, 0) is 6.42 Å². The van der Waals surface area contributed by atoms with Gasteiger partial charge in [0.05, 0.1) is 0 Å². The van der Waals surface area contributed by atoms with Gasteiger partial charge in [0.15, 0.2) is 5.96 Å². The summed E-state index contributed by atoms with van der Waals surface area (Å²) in [6.45, 7) is 3.17. The Bertz CT molecular complexity index is 526. The van der Waals surface area contributed by atoms with Crippen LogP contribution >= 0.6 is 0 Å². The van der Waals surface area contributed by atoms with Crippen molar-refractivity contribution in [1.82, 2.24) is 15.5 Å². The van der Waals surface area contributed by atoms with Gasteiger partial charge in [-0.1, -0.05) is 24.3 Å². The minimum atomic E-state index is 0.615. The molecular weight excluding hydrogens is 272 g/mol. The van der Waals surface area contributed by atoms with Gasteiger partial charge >= 0.3 is 0 Å². The summed E-state index contributed by atoms with van der Waals surface area (Å²) in [6, 6.07) is 9.48. The zero-order chi connectivity index (χ0) is 15.4. The molecule has 22 heavy (non-hydrogen) atoms. The molecule has 0 radical (unpaired) electrons. The Morgan fingerprint density at radius 3 is 2.82 bits per heavy atom. The van der Waals surface area contributed by atoms with Crippen LogP contribution in [0.1, 0.15) is 36.3 Å². The predicted molar refractivity (Wildman–Crippen MR) is 92.5 cm³/mol. The van der Waals surface area contributed by atoms with Gasteiger partial charge in [-0.2, -0.15) is 0 Å². The Labute approximate surface area is 134 Å². The second-order valence-electron chi connectivity index (χ2n) is 6.55. The van der Waals surface area contributed by atoms with Gasteiger partial charge in [0.1, 0.15) is 0 Å². The van der Waals surface area contributed by atoms with Gasteiger partial charge in [0.2, 0.25) is 0 Å². The number of hydrogen-bond donors (Lipinski definition) is 2. The number of nitrogens with zero attached hydrogens (tertiary/aromatic N) is 2. The molecule has 1 aromatic carbocycles. The fraction of sp³-hybridized carbons (Fsp3) is 0.611. The van der Waals surface area contributed by atoms with Crippen molar-refractivity contribution in [2.75, 3.05) is 33.7 Å². The zero-order valence-corrected chi connectivity index (χ0v) is 13.8. The third-order valence-corrected chi connectivity index (χ3v) is 5.17. The van der Waals surface area contributed by atoms with Crippen molar-refractivity contribution in [3.63, 3.8) is 0 Å². The molecule has 4 nitrogen and oxygen atoms in total. The number of likely N-dealkylation sites (tertiary alicyclic amines) is 1. The minimum Gasteiger partial charge on any atom is -0.356 e. The molecule has 1 heterocycles. The molecule has 2 atom stereocenters. The highest BCUT2D eigenvalue weighted by Crippen LogP contribution is 2.32. The average Bonchev–Trinajstić information content (AvgIpc) is 3.14. The molecule has 1 saturated heterocycles. The van der Waals surface area contributed by atoms with E-state index >= 15 is 0 Å². The number of nitrogens with one attached hydrogen (secondary N) is 2. The molecule has 0 spiro atoms. The molecule has 4 heteroatoms. The molecule has 2 N–H and O–H groups in total. The number of rotatable bonds is 4. The number of fused-ring (bicyclic) bond motifs is 1. The van der Waals surface area contributed by atoms with E-state index in [2.05, 4.69) is 51.8 Å². The van der Waals surface area contributed by atoms with Crippen molar-refractivity contribution in [3.05, 3.63) is 35.4 Å². The molecular formula is C18H28N4. The van der Waals surface area contributed by atoms with Gasteiger partial charge in [-0.3, -0.25) is 4.99 Å². The lowest BCUT2D eigenvalue weighted by molar-refractivity contribution is 0.309. The predicted octanol–water partition coefficient (Wildman–Crippen LogP) is 1.98. The molecule has 0 bridgehead atoms. The van der Waals surface area contributed by atoms with Crippen LogP contribution in [0.4, 0.5) is 0 Å². The van der Waals surface area contributed by atoms with Crippen LogP contribution in [0.15, 0.2) is 29.3 Å². The molecule has 2 aliphatic rings. The number of guanidine groups is 1. The standard InChI is InChI=1S/C18H28N4/c1-19-18(21-13-16-7-5-11-22(16)2)20-12-15-10-9-14-6-3-4-8-17(14)15/h3-4,6,8,15-16H,5,7,9-13H2,1-2H3,(H2,19,20,21). The maximum atomic E-state index is 4.37. The lowest BCUT2D eigenvalue weighted by Crippen LogP contribution is -2.44. The molecule has 1 aromatic rings. The summed E-state index contributed by atoms with van der Waals surface area (Å²) in [5, 5.41) is 7.00. The Hall–Kier alpha value is -1.55. The Morgan fingerprint density at radius 2 is 2.05 bits per heavy atom. The van der Waals surface area contributed by atoms with Gasteiger partial charge in [0.25, 0.3) is 0 Å². The maximum absolute atomic E-state index is 4.37. The molecule has 0 saturated carbocycles. The summed E-state index contributed by atoms with van der Waals surface area (Å²) in [4.78, 5) is 6.80. The van der Waals surface area contributed by atoms with Crippen LogP contribution in [0.3, 0.4) is 0 Å². The Morgan fingerprint density at radius 1 is 1.23 bits per heavy atom. The molecule has 3 rings (SSSR count). The van der Waals surface area contributed by atoms with E-state index in [0.29, 0.717) is 12.0 Å². The van der Waals surface area contributed by atoms with Crippen LogP contribution in [0.25, 0.3) is 0 Å². The fourth-order valence-corrected chi connectivity index (χ4v) is 3.75. The lowest BCUT2D eigenvalue weighted by Gasteiger charge is -2.22. The zero-order valence-electron chi connectivity index (χ0n) is 13.8. The van der Waals surface area contributed by atoms with Crippen molar-refractivity contribution in [1.29, 1.82) is 0 Å². The van der Waals surface area contributed by atoms with Gasteiger partial charge in [-0.25, -0.2) is 0 Å². The highest BCUT2D eigenvalue weighted by atomic mass is 15.2. The molecule has 1 aliphatic heterocycles. The van der Waals surface area contributed by atoms with Gasteiger partial charge in [-0.15, -0.1) is 0 Å². The van der Waals surface area contributed by atoms with Crippen molar-refractivity contribution < 1.29 is 0 Å². The minimum absolute atomic E-state index is 0.615. The summed E-state index contributed by atoms with van der Waals surface area (Å²) >= 11 is 0. The van der Waals surface area contributed by atoms with Crippen LogP contribution < -0.4 is 10.6 Å². The maximum Gasteiger partial charge on any atom is 0.191 e. The smallest absolute Gasteiger partial charge is 0.191 e. The van der Waals surface area contributed by atoms with E-state index < -0.39 is 0 Å². The highest BCUT2D eigenvalue weighted by molar-refractivity contribution is 5.79. The first-order chi connectivity index (χ1) is 10.8. The second-order valence-corrected chi connectivity index (χ2v) is 6.55. The SMILES string of the molecule is CN=C(NCC1CCc2ccccc21)NCC1CCCN1C. The first-order valence-electron chi connectivity index (χ1n) is 8.50. The largest absolute Gasteiger partial charge is 0.356 e. The third kappa shape index (κ3) is 3.43. The van der Waals surface area contributed by atoms with Gasteiger partial charge in [0, 0.05) is 32.1 Å². The van der Waals surface area contributed by atoms with Gasteiger partial charge in [-0.05, 0) is 50.4 Å². The number of aliphatic imine (C=N–C) groups is 1. The quantitative estimate of drug-likeness (QED) is 0.660. The number of benzene rings is 1. The summed E-state index contributed by atoms with van der Waals surface area (Å²) in [6.07, 6.45) is 5.06. The van der Waals surface area contributed by atoms with Crippen molar-refractivity contribution in [2.45, 2.75) is 37.6 Å². The summed E-state index contributed by atoms with van der Waals surface area (Å²) in [5.74, 6) is 1.55. The summed E-state index contributed by atoms with van der Waals surface area (Å²) in [5.41, 5.74) is 3.03. The van der Waals surface area contributed by atoms with E-state index in [1.54, 1.807) is 0 Å². The van der Waals surface area contributed by atoms with E-state index in [9.17, 15) is 0 Å². The fourth-order valence-electron chi connectivity index (χ4n) is 3.75. The number of likely N-dealkylation sites (N-methyl/N-ethyl adjacent to an activating group) is 1. The van der Waals surface area contributed by atoms with Crippen LogP contribution in [0.5, 0.6) is 0 Å². The molecule has 0 aromatic heterocycles. The van der Waals surface area contributed by atoms with E-state index in [-0.39, 0.29) is 0 Å². The highest BCUT2D eigenvalue weighted by Gasteiger charge is 2.23. The molecule has 2 unspecified atom stereocenters. The van der Waals surface area contributed by atoms with E-state index in [0.717, 1.165) is 19.0 Å². The molecule has 1 aliphatic carbocycles. The lowest BCUT2D eigenvalue weighted by atomic mass is 10.0. The van der Waals surface area contributed by atoms with Crippen molar-refractivity contribution in [3.8, 4) is 0 Å². The molecule has 1 fully saturated rings. The number of aryl methyl sites for hydroxylation is 1. The summed E-state index contributed by atoms with van der Waals surface area (Å²) in [7, 11) is 4.07. The van der Waals surface area contributed by atoms with Crippen LogP contribution in [0, 0.1) is 0 Å². The Balaban J connectivity index is 1.48. The topological polar surface area (TPSA) is 39.7 Å². The monoisotopic (exact) mass is 300 g/mol. The molecule has 120 valence electrons. The van der Waals surface area contributed by atoms with Crippen molar-refractivity contribution >= 4 is 5.96 Å². The van der Waals surface area contributed by atoms with E-state index in [1.807, 2.05) is 7.05 Å². The summed E-state index contributed by atoms with van der Waals surface area (Å²) < 4.78 is 0. The van der Waals surface area contributed by atoms with Crippen LogP contribution in [0.2, 0.25) is 0 Å². The van der Waals surface area contributed by atoms with Gasteiger partial charge < -0.3 is 15.5 Å². The second kappa shape index (κ2) is 7.14. The number of hydrogen-bond acceptors (Lipinski definition) is 2. The van der Waals surface area contributed by atoms with E-state index in [4.69, 9.17) is 0 Å². The first kappa shape index (κ1) is 15.3. The third-order valence-electron chi connectivity index (χ3n) is 5.17. The van der Waals surface area contributed by atoms with Crippen LogP contribution in [-0.4, -0.2) is 50.6 Å². The normalized spacial score (nSPS) is 25.3. The first-order valence-corrected chi connectivity index (χ1v) is 8.50.